The summed E-state index contributed by atoms with van der Waals surface area (Å²) >= 11 is 1.48. The molecule has 0 atom stereocenters. The van der Waals surface area contributed by atoms with Gasteiger partial charge in [-0.15, -0.1) is 11.8 Å². The third-order valence-electron chi connectivity index (χ3n) is 5.64. The van der Waals surface area contributed by atoms with Crippen molar-refractivity contribution in [1.29, 1.82) is 0 Å². The van der Waals surface area contributed by atoms with E-state index in [1.165, 1.54) is 11.8 Å². The Balaban J connectivity index is 1.89. The number of amides is 2. The number of aromatic hydroxyl groups is 1. The molecule has 0 radical (unpaired) electrons. The first kappa shape index (κ1) is 29.5. The molecule has 36 heavy (non-hydrogen) atoms. The maximum absolute atomic E-state index is 12.3. The lowest BCUT2D eigenvalue weighted by molar-refractivity contribution is -0.132. The Morgan fingerprint density at radius 1 is 1.06 bits per heavy atom. The van der Waals surface area contributed by atoms with Gasteiger partial charge in [0.25, 0.3) is 0 Å². The second-order valence-electron chi connectivity index (χ2n) is 9.13. The van der Waals surface area contributed by atoms with Crippen LogP contribution >= 0.6 is 11.8 Å². The average molecular weight is 519 g/mol. The predicted octanol–water partition coefficient (Wildman–Crippen LogP) is 2.68. The molecule has 8 nitrogen and oxygen atoms in total. The number of aryl methyl sites for hydroxylation is 2. The number of benzene rings is 2. The zero-order valence-electron chi connectivity index (χ0n) is 21.3. The Labute approximate surface area is 217 Å². The summed E-state index contributed by atoms with van der Waals surface area (Å²) in [4.78, 5) is 24.4. The van der Waals surface area contributed by atoms with E-state index in [0.717, 1.165) is 28.7 Å². The highest BCUT2D eigenvalue weighted by Crippen LogP contribution is 2.31. The van der Waals surface area contributed by atoms with Crippen LogP contribution in [-0.2, 0) is 22.4 Å². The summed E-state index contributed by atoms with van der Waals surface area (Å²) in [6.45, 7) is 5.31. The van der Waals surface area contributed by atoms with Gasteiger partial charge < -0.3 is 30.7 Å². The lowest BCUT2D eigenvalue weighted by Gasteiger charge is -2.25. The standard InChI is InChI=1S/C27H38N2O6S/c1-19-15-22(32)17-24(35-18-36-14-13-31)23(19)16-21-9-7-20(8-10-21)5-4-6-25(33)29-27(2,3)26(34)28-11-12-30/h7-10,15,17,30-32H,4-6,11-14,16,18H2,1-3H3,(H,28,34)(H,29,33). The first-order chi connectivity index (χ1) is 17.2. The normalized spacial score (nSPS) is 11.2. The van der Waals surface area contributed by atoms with Crippen LogP contribution in [0, 0.1) is 6.92 Å². The number of carbonyl (C=O) groups is 2. The van der Waals surface area contributed by atoms with Gasteiger partial charge in [-0.25, -0.2) is 0 Å². The van der Waals surface area contributed by atoms with Gasteiger partial charge in [0.2, 0.25) is 11.8 Å². The van der Waals surface area contributed by atoms with E-state index < -0.39 is 5.54 Å². The van der Waals surface area contributed by atoms with E-state index in [0.29, 0.717) is 36.7 Å². The van der Waals surface area contributed by atoms with Crippen molar-refractivity contribution in [3.63, 3.8) is 0 Å². The van der Waals surface area contributed by atoms with Crippen molar-refractivity contribution in [3.05, 3.63) is 58.7 Å². The summed E-state index contributed by atoms with van der Waals surface area (Å²) in [7, 11) is 0. The van der Waals surface area contributed by atoms with Crippen LogP contribution in [0.4, 0.5) is 0 Å². The fourth-order valence-electron chi connectivity index (χ4n) is 3.69. The minimum Gasteiger partial charge on any atom is -0.508 e. The minimum atomic E-state index is -1.04. The lowest BCUT2D eigenvalue weighted by atomic mass is 9.97. The van der Waals surface area contributed by atoms with Crippen molar-refractivity contribution in [2.45, 2.75) is 52.0 Å². The number of hydrogen-bond donors (Lipinski definition) is 5. The Morgan fingerprint density at radius 2 is 1.75 bits per heavy atom. The van der Waals surface area contributed by atoms with E-state index in [1.807, 2.05) is 19.1 Å². The summed E-state index contributed by atoms with van der Waals surface area (Å²) < 4.78 is 5.86. The molecule has 0 spiro atoms. The molecule has 2 aromatic rings. The first-order valence-corrected chi connectivity index (χ1v) is 13.2. The van der Waals surface area contributed by atoms with Crippen molar-refractivity contribution in [3.8, 4) is 11.5 Å². The first-order valence-electron chi connectivity index (χ1n) is 12.1. The molecule has 0 aliphatic rings. The van der Waals surface area contributed by atoms with Gasteiger partial charge in [0.05, 0.1) is 13.2 Å². The third kappa shape index (κ3) is 9.72. The summed E-state index contributed by atoms with van der Waals surface area (Å²) in [5, 5.41) is 33.1. The molecule has 0 saturated heterocycles. The average Bonchev–Trinajstić information content (AvgIpc) is 2.82. The summed E-state index contributed by atoms with van der Waals surface area (Å²) in [6, 6.07) is 11.6. The molecule has 198 valence electrons. The van der Waals surface area contributed by atoms with Gasteiger partial charge in [-0.05, 0) is 56.4 Å². The van der Waals surface area contributed by atoms with Gasteiger partial charge in [0.15, 0.2) is 0 Å². The van der Waals surface area contributed by atoms with Crippen LogP contribution in [-0.4, -0.2) is 64.1 Å². The van der Waals surface area contributed by atoms with Crippen LogP contribution in [0.15, 0.2) is 36.4 Å². The Morgan fingerprint density at radius 3 is 2.42 bits per heavy atom. The minimum absolute atomic E-state index is 0.0948. The molecule has 9 heteroatoms. The summed E-state index contributed by atoms with van der Waals surface area (Å²) in [5.41, 5.74) is 3.13. The number of rotatable bonds is 15. The molecule has 2 amide bonds. The molecular formula is C27H38N2O6S. The lowest BCUT2D eigenvalue weighted by Crippen LogP contribution is -2.55. The quantitative estimate of drug-likeness (QED) is 0.181. The van der Waals surface area contributed by atoms with Gasteiger partial charge >= 0.3 is 0 Å². The van der Waals surface area contributed by atoms with Crippen molar-refractivity contribution >= 4 is 23.6 Å². The topological polar surface area (TPSA) is 128 Å². The molecule has 0 aromatic heterocycles. The van der Waals surface area contributed by atoms with Crippen LogP contribution in [0.1, 0.15) is 48.9 Å². The highest BCUT2D eigenvalue weighted by atomic mass is 32.2. The zero-order chi connectivity index (χ0) is 26.6. The number of nitrogens with one attached hydrogen (secondary N) is 2. The monoisotopic (exact) mass is 518 g/mol. The zero-order valence-corrected chi connectivity index (χ0v) is 22.1. The Kier molecular flexibility index (Phi) is 12.1. The third-order valence-corrected chi connectivity index (χ3v) is 6.40. The van der Waals surface area contributed by atoms with Gasteiger partial charge in [-0.1, -0.05) is 24.3 Å². The number of carbonyl (C=O) groups excluding carboxylic acids is 2. The molecule has 0 fully saturated rings. The second-order valence-corrected chi connectivity index (χ2v) is 10.2. The second kappa shape index (κ2) is 14.7. The van der Waals surface area contributed by atoms with Gasteiger partial charge in [-0.2, -0.15) is 0 Å². The SMILES string of the molecule is Cc1cc(O)cc(OCSCCO)c1Cc1ccc(CCCC(=O)NC(C)(C)C(=O)NCCO)cc1. The number of aliphatic hydroxyl groups excluding tert-OH is 2. The highest BCUT2D eigenvalue weighted by molar-refractivity contribution is 7.99. The Hall–Kier alpha value is -2.75. The van der Waals surface area contributed by atoms with Crippen LogP contribution in [0.3, 0.4) is 0 Å². The van der Waals surface area contributed by atoms with Crippen LogP contribution in [0.5, 0.6) is 11.5 Å². The maximum Gasteiger partial charge on any atom is 0.245 e. The van der Waals surface area contributed by atoms with Crippen molar-refractivity contribution in [2.75, 3.05) is 31.5 Å². The van der Waals surface area contributed by atoms with E-state index in [4.69, 9.17) is 14.9 Å². The number of phenolic OH excluding ortho intramolecular Hbond substituents is 1. The number of hydrogen-bond acceptors (Lipinski definition) is 7. The van der Waals surface area contributed by atoms with Crippen LogP contribution < -0.4 is 15.4 Å². The predicted molar refractivity (Wildman–Crippen MR) is 142 cm³/mol. The number of ether oxygens (including phenoxy) is 1. The van der Waals surface area contributed by atoms with Crippen molar-refractivity contribution < 1.29 is 29.6 Å². The molecule has 5 N–H and O–H groups in total. The van der Waals surface area contributed by atoms with E-state index >= 15 is 0 Å². The molecule has 0 heterocycles. The van der Waals surface area contributed by atoms with Gasteiger partial charge in [-0.3, -0.25) is 9.59 Å². The van der Waals surface area contributed by atoms with Gasteiger partial charge in [0.1, 0.15) is 23.0 Å². The molecule has 0 saturated carbocycles. The molecule has 2 rings (SSSR count). The molecule has 0 aliphatic carbocycles. The van der Waals surface area contributed by atoms with E-state index in [2.05, 4.69) is 22.8 Å². The van der Waals surface area contributed by atoms with E-state index in [-0.39, 0.29) is 37.3 Å². The largest absolute Gasteiger partial charge is 0.508 e. The molecule has 0 aliphatic heterocycles. The van der Waals surface area contributed by atoms with Crippen LogP contribution in [0.25, 0.3) is 0 Å². The molecular weight excluding hydrogens is 480 g/mol. The van der Waals surface area contributed by atoms with Crippen LogP contribution in [0.2, 0.25) is 0 Å². The molecule has 0 unspecified atom stereocenters. The highest BCUT2D eigenvalue weighted by Gasteiger charge is 2.28. The number of aliphatic hydroxyl groups is 2. The van der Waals surface area contributed by atoms with Crippen molar-refractivity contribution in [2.24, 2.45) is 0 Å². The van der Waals surface area contributed by atoms with Gasteiger partial charge in [0, 0.05) is 36.8 Å². The fourth-order valence-corrected chi connectivity index (χ4v) is 4.15. The van der Waals surface area contributed by atoms with E-state index in [1.54, 1.807) is 26.0 Å². The number of thioether (sulfide) groups is 1. The Bertz CT molecular complexity index is 995. The van der Waals surface area contributed by atoms with E-state index in [9.17, 15) is 14.7 Å². The fraction of sp³-hybridized carbons (Fsp3) is 0.481. The summed E-state index contributed by atoms with van der Waals surface area (Å²) in [6.07, 6.45) is 2.35. The maximum atomic E-state index is 12.3. The van der Waals surface area contributed by atoms with Crippen molar-refractivity contribution in [1.82, 2.24) is 10.6 Å². The molecule has 2 aromatic carbocycles. The smallest absolute Gasteiger partial charge is 0.245 e. The number of phenols is 1. The molecule has 0 bridgehead atoms. The summed E-state index contributed by atoms with van der Waals surface area (Å²) in [5.74, 6) is 1.26.